The molecule has 0 aliphatic carbocycles. The van der Waals surface area contributed by atoms with Crippen molar-refractivity contribution in [1.29, 1.82) is 0 Å². The number of rotatable bonds is 14. The van der Waals surface area contributed by atoms with Crippen LogP contribution in [0, 0.1) is 5.92 Å². The van der Waals surface area contributed by atoms with Gasteiger partial charge in [-0.1, -0.05) is 47.5 Å². The summed E-state index contributed by atoms with van der Waals surface area (Å²) in [6.45, 7) is 3.81. The van der Waals surface area contributed by atoms with Crippen molar-refractivity contribution in [2.24, 2.45) is 5.92 Å². The summed E-state index contributed by atoms with van der Waals surface area (Å²) >= 11 is 12.3. The van der Waals surface area contributed by atoms with Gasteiger partial charge in [0, 0.05) is 62.0 Å². The summed E-state index contributed by atoms with van der Waals surface area (Å²) in [5.41, 5.74) is 0. The van der Waals surface area contributed by atoms with Crippen molar-refractivity contribution in [2.45, 2.75) is 92.4 Å². The van der Waals surface area contributed by atoms with E-state index in [0.717, 1.165) is 16.1 Å². The van der Waals surface area contributed by atoms with Crippen LogP contribution < -0.4 is 10.0 Å². The molecule has 5 amide bonds. The second-order valence-electron chi connectivity index (χ2n) is 18.2. The monoisotopic (exact) mass is 1010 g/mol. The molecule has 0 spiro atoms. The Morgan fingerprint density at radius 1 is 0.691 bits per heavy atom. The second-order valence-corrected chi connectivity index (χ2v) is 22.7. The molecule has 4 fully saturated rings. The lowest BCUT2D eigenvalue weighted by atomic mass is 9.98. The fraction of sp³-hybridized carbons (Fsp3) is 0.468. The Hall–Kier alpha value is -4.89. The first kappa shape index (κ1) is 49.5. The molecule has 4 aromatic rings. The van der Waals surface area contributed by atoms with Gasteiger partial charge in [0.15, 0.2) is 0 Å². The summed E-state index contributed by atoms with van der Waals surface area (Å²) in [4.78, 5) is 75.3. The number of fused-ring (bicyclic) bond motifs is 2. The summed E-state index contributed by atoms with van der Waals surface area (Å²) in [5, 5.41) is 16.3. The van der Waals surface area contributed by atoms with Gasteiger partial charge in [0.25, 0.3) is 0 Å². The maximum absolute atomic E-state index is 14.7. The molecule has 0 saturated carbocycles. The highest BCUT2D eigenvalue weighted by Crippen LogP contribution is 2.31. The lowest BCUT2D eigenvalue weighted by Gasteiger charge is -2.37. The molecule has 4 aliphatic rings. The lowest BCUT2D eigenvalue weighted by molar-refractivity contribution is -0.145. The van der Waals surface area contributed by atoms with Crippen LogP contribution in [0.4, 0.5) is 0 Å². The number of nitrogens with one attached hydrogen (secondary N) is 2. The predicted octanol–water partition coefficient (Wildman–Crippen LogP) is 3.59. The van der Waals surface area contributed by atoms with Crippen LogP contribution in [0.3, 0.4) is 0 Å². The number of nitrogens with zero attached hydrogens (tertiary/aromatic N) is 5. The molecule has 0 aromatic heterocycles. The molecule has 364 valence electrons. The molecule has 17 nitrogen and oxygen atoms in total. The molecule has 4 aromatic carbocycles. The summed E-state index contributed by atoms with van der Waals surface area (Å²) in [6, 6.07) is 14.2. The van der Waals surface area contributed by atoms with Crippen LogP contribution in [0.1, 0.15) is 52.4 Å². The lowest BCUT2D eigenvalue weighted by Crippen LogP contribution is -2.57. The smallest absolute Gasteiger partial charge is 0.245 e. The van der Waals surface area contributed by atoms with Crippen LogP contribution in [0.25, 0.3) is 21.5 Å². The van der Waals surface area contributed by atoms with E-state index in [9.17, 15) is 45.9 Å². The van der Waals surface area contributed by atoms with Crippen molar-refractivity contribution >= 4 is 94.3 Å². The number of piperidine rings is 2. The quantitative estimate of drug-likeness (QED) is 0.167. The van der Waals surface area contributed by atoms with Crippen LogP contribution in [0.15, 0.2) is 82.6 Å². The van der Waals surface area contributed by atoms with Crippen molar-refractivity contribution in [3.8, 4) is 0 Å². The molecule has 4 saturated heterocycles. The second kappa shape index (κ2) is 20.2. The van der Waals surface area contributed by atoms with Gasteiger partial charge >= 0.3 is 0 Å². The fourth-order valence-corrected chi connectivity index (χ4v) is 13.1. The number of aliphatic hydroxyl groups is 1. The van der Waals surface area contributed by atoms with Crippen molar-refractivity contribution in [3.63, 3.8) is 0 Å². The van der Waals surface area contributed by atoms with Crippen molar-refractivity contribution in [3.05, 3.63) is 82.8 Å². The fourth-order valence-electron chi connectivity index (χ4n) is 9.92. The third kappa shape index (κ3) is 10.3. The van der Waals surface area contributed by atoms with E-state index >= 15 is 0 Å². The number of benzene rings is 4. The largest absolute Gasteiger partial charge is 0.396 e. The predicted molar refractivity (Wildman–Crippen MR) is 255 cm³/mol. The number of hydrogen-bond acceptors (Lipinski definition) is 10. The first-order chi connectivity index (χ1) is 32.3. The number of carbonyl (C=O) groups excluding carboxylic acids is 5. The van der Waals surface area contributed by atoms with Gasteiger partial charge in [0.05, 0.1) is 16.3 Å². The minimum absolute atomic E-state index is 0.0195. The Labute approximate surface area is 405 Å². The van der Waals surface area contributed by atoms with Gasteiger partial charge < -0.3 is 30.0 Å². The Morgan fingerprint density at radius 3 is 1.85 bits per heavy atom. The summed E-state index contributed by atoms with van der Waals surface area (Å²) in [7, 11) is -8.64. The van der Waals surface area contributed by atoms with Gasteiger partial charge in [-0.15, -0.1) is 0 Å². The van der Waals surface area contributed by atoms with E-state index in [0.29, 0.717) is 65.1 Å². The highest BCUT2D eigenvalue weighted by Gasteiger charge is 2.47. The van der Waals surface area contributed by atoms with E-state index < -0.39 is 80.4 Å². The number of likely N-dealkylation sites (tertiary alicyclic amines) is 4. The molecular formula is C47H55Cl2N7O10S2. The third-order valence-corrected chi connectivity index (χ3v) is 17.5. The molecule has 68 heavy (non-hydrogen) atoms. The SMILES string of the molecule is CC(C(=O)N1CCCC(NC(=O)CN(C2CCN([C@@H](C)C(=O)N3CCCC(CO)C3)C2=O)S(=O)(=O)c2ccc3cc(Cl)ccc3c2)C1)N1CCC(NS(=O)(=O)c2ccc3cc(Cl)ccc3c2)C1=O. The van der Waals surface area contributed by atoms with Gasteiger partial charge in [-0.25, -0.2) is 16.8 Å². The molecule has 0 radical (unpaired) electrons. The number of hydrogen-bond donors (Lipinski definition) is 3. The van der Waals surface area contributed by atoms with Crippen molar-refractivity contribution in [1.82, 2.24) is 33.9 Å². The zero-order valence-electron chi connectivity index (χ0n) is 37.7. The van der Waals surface area contributed by atoms with E-state index in [1.165, 1.54) is 39.0 Å². The number of halogens is 2. The van der Waals surface area contributed by atoms with E-state index in [4.69, 9.17) is 23.2 Å². The summed E-state index contributed by atoms with van der Waals surface area (Å²) < 4.78 is 59.5. The molecule has 8 rings (SSSR count). The molecule has 6 atom stereocenters. The molecular weight excluding hydrogens is 958 g/mol. The maximum Gasteiger partial charge on any atom is 0.245 e. The molecule has 0 bridgehead atoms. The molecule has 5 unspecified atom stereocenters. The van der Waals surface area contributed by atoms with E-state index in [2.05, 4.69) is 10.0 Å². The van der Waals surface area contributed by atoms with Gasteiger partial charge in [-0.05, 0) is 128 Å². The Kier molecular flexibility index (Phi) is 14.7. The summed E-state index contributed by atoms with van der Waals surface area (Å²) in [6.07, 6.45) is 2.60. The number of carbonyl (C=O) groups is 5. The Morgan fingerprint density at radius 2 is 1.22 bits per heavy atom. The van der Waals surface area contributed by atoms with Crippen molar-refractivity contribution in [2.75, 3.05) is 52.4 Å². The van der Waals surface area contributed by atoms with Crippen molar-refractivity contribution < 1.29 is 45.9 Å². The van der Waals surface area contributed by atoms with Gasteiger partial charge in [0.1, 0.15) is 24.2 Å². The van der Waals surface area contributed by atoms with Crippen LogP contribution in [0.5, 0.6) is 0 Å². The van der Waals surface area contributed by atoms with Gasteiger partial charge in [-0.3, -0.25) is 24.0 Å². The van der Waals surface area contributed by atoms with Crippen LogP contribution in [-0.4, -0.2) is 158 Å². The average molecular weight is 1010 g/mol. The topological polar surface area (TPSA) is 214 Å². The normalized spacial score (nSPS) is 22.6. The van der Waals surface area contributed by atoms with Gasteiger partial charge in [-0.2, -0.15) is 9.03 Å². The zero-order chi connectivity index (χ0) is 48.7. The van der Waals surface area contributed by atoms with Crippen LogP contribution in [0.2, 0.25) is 10.0 Å². The average Bonchev–Trinajstić information content (AvgIpc) is 3.89. The highest BCUT2D eigenvalue weighted by atomic mass is 35.5. The van der Waals surface area contributed by atoms with E-state index in [1.807, 2.05) is 0 Å². The molecule has 3 N–H and O–H groups in total. The van der Waals surface area contributed by atoms with Gasteiger partial charge in [0.2, 0.25) is 49.6 Å². The minimum atomic E-state index is -4.53. The molecule has 21 heteroatoms. The van der Waals surface area contributed by atoms with Crippen LogP contribution in [-0.2, 0) is 44.0 Å². The highest BCUT2D eigenvalue weighted by molar-refractivity contribution is 7.89. The third-order valence-electron chi connectivity index (χ3n) is 13.7. The number of sulfonamides is 2. The van der Waals surface area contributed by atoms with E-state index in [1.54, 1.807) is 67.3 Å². The maximum atomic E-state index is 14.7. The molecule has 4 heterocycles. The Bertz CT molecular complexity index is 2870. The summed E-state index contributed by atoms with van der Waals surface area (Å²) in [5.74, 6) is -2.62. The minimum Gasteiger partial charge on any atom is -0.396 e. The number of amides is 5. The first-order valence-corrected chi connectivity index (χ1v) is 26.5. The van der Waals surface area contributed by atoms with Crippen LogP contribution >= 0.6 is 23.2 Å². The first-order valence-electron chi connectivity index (χ1n) is 22.9. The zero-order valence-corrected chi connectivity index (χ0v) is 40.9. The van der Waals surface area contributed by atoms with E-state index in [-0.39, 0.29) is 60.7 Å². The standard InChI is InChI=1S/C47H55Cl2N7O10S2/c1-29(54-19-15-41(46(54)61)51-67(63,64)39-13-9-32-21-36(48)11-7-34(32)23-39)45(60)53-18-4-6-38(26-53)50-43(58)27-56(68(65,66)40-14-10-33-22-37(49)12-8-35(33)24-40)42-16-20-55(47(42)62)30(2)44(59)52-17-3-5-31(25-52)28-57/h7-14,21-24,29-31,38,41-42,51,57H,3-6,15-20,25-28H2,1-2H3,(H,50,58)/t29?,30-,31?,38?,41?,42?/m0/s1. The Balaban J connectivity index is 0.935. The number of aliphatic hydroxyl groups excluding tert-OH is 1. The molecule has 4 aliphatic heterocycles.